The van der Waals surface area contributed by atoms with Gasteiger partial charge in [0.15, 0.2) is 5.08 Å². The molecule has 0 fully saturated rings. The van der Waals surface area contributed by atoms with E-state index in [1.165, 1.54) is 4.13 Å². The van der Waals surface area contributed by atoms with Crippen molar-refractivity contribution < 1.29 is 29.4 Å². The smallest absolute Gasteiger partial charge is 0.273 e. The van der Waals surface area contributed by atoms with Gasteiger partial charge in [0.25, 0.3) is 10.1 Å². The van der Waals surface area contributed by atoms with Gasteiger partial charge in [-0.05, 0) is 0 Å². The lowest BCUT2D eigenvalue weighted by Gasteiger charge is -2.03. The Labute approximate surface area is 82.5 Å². The van der Waals surface area contributed by atoms with Crippen LogP contribution in [-0.2, 0) is 34.3 Å². The van der Waals surface area contributed by atoms with E-state index in [9.17, 15) is 25.3 Å². The third-order valence-electron chi connectivity index (χ3n) is 0.832. The van der Waals surface area contributed by atoms with E-state index in [0.29, 0.717) is 6.26 Å². The quantitative estimate of drug-likeness (QED) is 0.560. The van der Waals surface area contributed by atoms with Crippen LogP contribution in [0.1, 0.15) is 0 Å². The van der Waals surface area contributed by atoms with Crippen LogP contribution in [0, 0.1) is 0 Å². The predicted molar refractivity (Wildman–Crippen MR) is 47.7 cm³/mol. The van der Waals surface area contributed by atoms with Crippen LogP contribution in [0.25, 0.3) is 0 Å². The van der Waals surface area contributed by atoms with Gasteiger partial charge < -0.3 is 0 Å². The number of hydrogen-bond acceptors (Lipinski definition) is 7. The molecular weight excluding hydrogens is 258 g/mol. The fraction of sp³-hybridized carbons (Fsp3) is 1.00. The zero-order chi connectivity index (χ0) is 11.6. The summed E-state index contributed by atoms with van der Waals surface area (Å²) in [4.78, 5) is 0. The molecule has 0 aromatic rings. The molecule has 1 N–H and O–H groups in total. The maximum atomic E-state index is 10.9. The summed E-state index contributed by atoms with van der Waals surface area (Å²) in [5, 5.41) is -1.44. The van der Waals surface area contributed by atoms with Crippen LogP contribution in [0.15, 0.2) is 0 Å². The monoisotopic (exact) mass is 267 g/mol. The van der Waals surface area contributed by atoms with Crippen molar-refractivity contribution in [3.8, 4) is 0 Å². The molecule has 0 amide bonds. The van der Waals surface area contributed by atoms with Crippen molar-refractivity contribution in [2.24, 2.45) is 0 Å². The third kappa shape index (κ3) is 6.26. The van der Waals surface area contributed by atoms with Crippen molar-refractivity contribution in [1.29, 1.82) is 0 Å². The SMILES string of the molecule is COS(=O)(=O)CS(=O)(=O)NS(C)(=O)=O. The van der Waals surface area contributed by atoms with Crippen molar-refractivity contribution in [3.05, 3.63) is 0 Å². The van der Waals surface area contributed by atoms with E-state index in [0.717, 1.165) is 7.11 Å². The van der Waals surface area contributed by atoms with Crippen LogP contribution in [-0.4, -0.2) is 43.7 Å². The summed E-state index contributed by atoms with van der Waals surface area (Å²) in [7, 11) is -12.0. The van der Waals surface area contributed by atoms with Crippen LogP contribution >= 0.6 is 0 Å². The normalized spacial score (nSPS) is 14.1. The lowest BCUT2D eigenvalue weighted by atomic mass is 11.8. The highest BCUT2D eigenvalue weighted by Gasteiger charge is 2.24. The number of nitrogens with one attached hydrogen (secondary N) is 1. The van der Waals surface area contributed by atoms with Crippen LogP contribution in [0.5, 0.6) is 0 Å². The molecule has 0 radical (unpaired) electrons. The van der Waals surface area contributed by atoms with Gasteiger partial charge in [-0.3, -0.25) is 4.18 Å². The van der Waals surface area contributed by atoms with Gasteiger partial charge in [0.05, 0.1) is 13.4 Å². The summed E-state index contributed by atoms with van der Waals surface area (Å²) in [6, 6.07) is 0. The molecule has 0 aliphatic rings. The molecule has 8 nitrogen and oxygen atoms in total. The second-order valence-corrected chi connectivity index (χ2v) is 8.14. The average molecular weight is 267 g/mol. The Kier molecular flexibility index (Phi) is 4.03. The van der Waals surface area contributed by atoms with Crippen molar-refractivity contribution in [2.75, 3.05) is 18.5 Å². The Hall–Kier alpha value is -0.230. The highest BCUT2D eigenvalue weighted by molar-refractivity contribution is 8.11. The maximum Gasteiger partial charge on any atom is 0.283 e. The van der Waals surface area contributed by atoms with Crippen LogP contribution in [0.4, 0.5) is 0 Å². The topological polar surface area (TPSA) is 124 Å². The van der Waals surface area contributed by atoms with Gasteiger partial charge in [-0.2, -0.15) is 8.42 Å². The number of sulfonamides is 2. The zero-order valence-corrected chi connectivity index (χ0v) is 9.74. The fourth-order valence-corrected chi connectivity index (χ4v) is 4.87. The van der Waals surface area contributed by atoms with E-state index in [2.05, 4.69) is 4.18 Å². The van der Waals surface area contributed by atoms with Gasteiger partial charge in [0, 0.05) is 0 Å². The highest BCUT2D eigenvalue weighted by Crippen LogP contribution is 1.97. The van der Waals surface area contributed by atoms with Crippen LogP contribution in [0.3, 0.4) is 0 Å². The van der Waals surface area contributed by atoms with Crippen molar-refractivity contribution in [1.82, 2.24) is 4.13 Å². The first-order valence-corrected chi connectivity index (χ1v) is 8.09. The summed E-state index contributed by atoms with van der Waals surface area (Å²) in [5.41, 5.74) is 0. The van der Waals surface area contributed by atoms with Gasteiger partial charge in [-0.25, -0.2) is 16.8 Å². The van der Waals surface area contributed by atoms with E-state index in [4.69, 9.17) is 0 Å². The molecule has 0 aliphatic carbocycles. The molecule has 11 heteroatoms. The molecule has 0 heterocycles. The summed E-state index contributed by atoms with van der Waals surface area (Å²) in [6.07, 6.45) is 0.587. The van der Waals surface area contributed by atoms with Gasteiger partial charge in [0.1, 0.15) is 0 Å². The molecule has 0 aliphatic heterocycles. The van der Waals surface area contributed by atoms with Gasteiger partial charge in [0.2, 0.25) is 20.0 Å². The summed E-state index contributed by atoms with van der Waals surface area (Å²) in [6.45, 7) is 0. The van der Waals surface area contributed by atoms with E-state index in [-0.39, 0.29) is 0 Å². The molecule has 0 bridgehead atoms. The summed E-state index contributed by atoms with van der Waals surface area (Å²) < 4.78 is 69.1. The summed E-state index contributed by atoms with van der Waals surface area (Å²) in [5.74, 6) is 0. The van der Waals surface area contributed by atoms with E-state index in [1.54, 1.807) is 0 Å². The first-order chi connectivity index (χ1) is 5.97. The van der Waals surface area contributed by atoms with Crippen LogP contribution < -0.4 is 4.13 Å². The lowest BCUT2D eigenvalue weighted by molar-refractivity contribution is 0.401. The average Bonchev–Trinajstić information content (AvgIpc) is 1.78. The molecule has 0 saturated heterocycles. The Morgan fingerprint density at radius 2 is 1.50 bits per heavy atom. The second kappa shape index (κ2) is 4.10. The van der Waals surface area contributed by atoms with E-state index < -0.39 is 35.2 Å². The maximum absolute atomic E-state index is 10.9. The minimum Gasteiger partial charge on any atom is -0.273 e. The van der Waals surface area contributed by atoms with E-state index in [1.807, 2.05) is 0 Å². The molecule has 0 rings (SSSR count). The largest absolute Gasteiger partial charge is 0.283 e. The standard InChI is InChI=1S/C3H9NO7S3/c1-11-14(9,10)3-13(7,8)4-12(2,5)6/h4H,3H2,1-2H3. The molecule has 0 atom stereocenters. The molecule has 0 spiro atoms. The number of rotatable bonds is 5. The molecule has 14 heavy (non-hydrogen) atoms. The van der Waals surface area contributed by atoms with Gasteiger partial charge >= 0.3 is 0 Å². The molecule has 86 valence electrons. The second-order valence-electron chi connectivity index (χ2n) is 2.31. The minimum absolute atomic E-state index is 0.587. The van der Waals surface area contributed by atoms with Crippen molar-refractivity contribution in [2.45, 2.75) is 0 Å². The number of hydrogen-bond donors (Lipinski definition) is 1. The molecule has 0 unspecified atom stereocenters. The highest BCUT2D eigenvalue weighted by atomic mass is 32.3. The lowest BCUT2D eigenvalue weighted by Crippen LogP contribution is -2.34. The fourth-order valence-electron chi connectivity index (χ4n) is 0.493. The molecule has 0 saturated carbocycles. The Morgan fingerprint density at radius 1 is 1.07 bits per heavy atom. The van der Waals surface area contributed by atoms with Crippen molar-refractivity contribution >= 4 is 30.2 Å². The Balaban J connectivity index is 4.88. The first-order valence-electron chi connectivity index (χ1n) is 2.97. The van der Waals surface area contributed by atoms with E-state index >= 15 is 0 Å². The Bertz CT molecular complexity index is 482. The first kappa shape index (κ1) is 13.8. The molecule has 0 aromatic carbocycles. The third-order valence-corrected chi connectivity index (χ3v) is 5.96. The molecule has 0 aromatic heterocycles. The summed E-state index contributed by atoms with van der Waals surface area (Å²) >= 11 is 0. The molecular formula is C3H9NO7S3. The predicted octanol–water partition coefficient (Wildman–Crippen LogP) is -2.20. The van der Waals surface area contributed by atoms with Crippen LogP contribution in [0.2, 0.25) is 0 Å². The van der Waals surface area contributed by atoms with Gasteiger partial charge in [-0.1, -0.05) is 0 Å². The van der Waals surface area contributed by atoms with Crippen molar-refractivity contribution in [3.63, 3.8) is 0 Å². The minimum atomic E-state index is -4.46. The van der Waals surface area contributed by atoms with Gasteiger partial charge in [-0.15, -0.1) is 4.13 Å². The zero-order valence-electron chi connectivity index (χ0n) is 7.29. The Morgan fingerprint density at radius 3 is 1.79 bits per heavy atom.